The number of hydrogen-bond acceptors (Lipinski definition) is 2. The molecule has 5 heavy (non-hydrogen) atoms. The Morgan fingerprint density at radius 1 is 1.20 bits per heavy atom. The molecular formula is C3H9N2-. The fourth-order valence-corrected chi connectivity index (χ4v) is 0.144. The van der Waals surface area contributed by atoms with Crippen LogP contribution in [-0.2, 0) is 0 Å². The van der Waals surface area contributed by atoms with E-state index in [1.54, 1.807) is 6.67 Å². The predicted octanol–water partition coefficient (Wildman–Crippen LogP) is -0.456. The Kier molecular flexibility index (Phi) is 3.86. The maximum absolute atomic E-state index is 2.78. The Morgan fingerprint density at radius 2 is 1.60 bits per heavy atom. The van der Waals surface area contributed by atoms with Crippen molar-refractivity contribution >= 4 is 0 Å². The average Bonchev–Trinajstić information content (AvgIpc) is 1.41. The molecule has 0 aromatic heterocycles. The van der Waals surface area contributed by atoms with Crippen molar-refractivity contribution in [2.75, 3.05) is 14.1 Å². The van der Waals surface area contributed by atoms with Crippen molar-refractivity contribution in [1.82, 2.24) is 10.6 Å². The molecule has 0 spiro atoms. The quantitative estimate of drug-likeness (QED) is 0.432. The van der Waals surface area contributed by atoms with Gasteiger partial charge in [0, 0.05) is 0 Å². The summed E-state index contributed by atoms with van der Waals surface area (Å²) in [6.45, 7) is 1.75. The molecule has 32 valence electrons. The molecule has 0 atom stereocenters. The van der Waals surface area contributed by atoms with E-state index in [1.165, 1.54) is 0 Å². The minimum atomic E-state index is 1.75. The van der Waals surface area contributed by atoms with E-state index in [2.05, 4.69) is 10.6 Å². The highest BCUT2D eigenvalue weighted by molar-refractivity contribution is 4.44. The molecule has 2 nitrogen and oxygen atoms in total. The number of nitrogens with one attached hydrogen (secondary N) is 2. The molecule has 0 aliphatic carbocycles. The zero-order chi connectivity index (χ0) is 4.12. The van der Waals surface area contributed by atoms with Crippen LogP contribution in [0, 0.1) is 6.67 Å². The first-order chi connectivity index (χ1) is 2.41. The Morgan fingerprint density at radius 3 is 1.60 bits per heavy atom. The summed E-state index contributed by atoms with van der Waals surface area (Å²) >= 11 is 0. The maximum Gasteiger partial charge on any atom is -0.0437 e. The third-order valence-electron chi connectivity index (χ3n) is 0.289. The second-order valence-electron chi connectivity index (χ2n) is 0.722. The van der Waals surface area contributed by atoms with Crippen molar-refractivity contribution in [3.05, 3.63) is 6.67 Å². The molecule has 0 aromatic rings. The van der Waals surface area contributed by atoms with E-state index in [0.29, 0.717) is 0 Å². The van der Waals surface area contributed by atoms with Crippen LogP contribution in [0.2, 0.25) is 0 Å². The Balaban J connectivity index is 2.19. The molecule has 0 radical (unpaired) electrons. The lowest BCUT2D eigenvalue weighted by Gasteiger charge is -2.05. The molecule has 2 heteroatoms. The molecule has 0 saturated carbocycles. The standard InChI is InChI=1S/C3H9N2/c1-4-3-5-2/h3-5H,1-2H3/q-1. The summed E-state index contributed by atoms with van der Waals surface area (Å²) in [6.07, 6.45) is 0. The first-order valence-electron chi connectivity index (χ1n) is 1.58. The van der Waals surface area contributed by atoms with Gasteiger partial charge in [0.2, 0.25) is 0 Å². The van der Waals surface area contributed by atoms with Gasteiger partial charge in [0.25, 0.3) is 0 Å². The molecule has 0 saturated heterocycles. The molecule has 0 heterocycles. The van der Waals surface area contributed by atoms with Crippen molar-refractivity contribution in [3.8, 4) is 0 Å². The van der Waals surface area contributed by atoms with Crippen molar-refractivity contribution in [1.29, 1.82) is 0 Å². The lowest BCUT2D eigenvalue weighted by atomic mass is 11.0. The molecule has 0 unspecified atom stereocenters. The van der Waals surface area contributed by atoms with Gasteiger partial charge in [0.15, 0.2) is 0 Å². The zero-order valence-electron chi connectivity index (χ0n) is 3.58. The normalized spacial score (nSPS) is 8.40. The van der Waals surface area contributed by atoms with Crippen molar-refractivity contribution in [2.24, 2.45) is 0 Å². The summed E-state index contributed by atoms with van der Waals surface area (Å²) in [7, 11) is 3.69. The Labute approximate surface area is 32.6 Å². The summed E-state index contributed by atoms with van der Waals surface area (Å²) in [5.74, 6) is 0. The lowest BCUT2D eigenvalue weighted by molar-refractivity contribution is 0.827. The predicted molar refractivity (Wildman–Crippen MR) is 22.4 cm³/mol. The van der Waals surface area contributed by atoms with E-state index in [4.69, 9.17) is 0 Å². The van der Waals surface area contributed by atoms with Crippen molar-refractivity contribution in [2.45, 2.75) is 0 Å². The van der Waals surface area contributed by atoms with Crippen LogP contribution in [0.5, 0.6) is 0 Å². The monoisotopic (exact) mass is 73.1 g/mol. The fraction of sp³-hybridized carbons (Fsp3) is 0.667. The van der Waals surface area contributed by atoms with Crippen LogP contribution in [0.15, 0.2) is 0 Å². The first kappa shape index (κ1) is 4.92. The van der Waals surface area contributed by atoms with Crippen LogP contribution < -0.4 is 10.6 Å². The number of hydrogen-bond donors (Lipinski definition) is 2. The summed E-state index contributed by atoms with van der Waals surface area (Å²) in [5, 5.41) is 5.56. The van der Waals surface area contributed by atoms with Crippen LogP contribution in [0.1, 0.15) is 0 Å². The minimum absolute atomic E-state index is 1.75. The van der Waals surface area contributed by atoms with Crippen LogP contribution in [-0.4, -0.2) is 14.1 Å². The molecule has 2 N–H and O–H groups in total. The van der Waals surface area contributed by atoms with E-state index >= 15 is 0 Å². The number of rotatable bonds is 2. The van der Waals surface area contributed by atoms with Gasteiger partial charge in [-0.15, -0.1) is 0 Å². The van der Waals surface area contributed by atoms with E-state index in [-0.39, 0.29) is 0 Å². The largest absolute Gasteiger partial charge is 0.459 e. The van der Waals surface area contributed by atoms with Crippen LogP contribution >= 0.6 is 0 Å². The van der Waals surface area contributed by atoms with Crippen LogP contribution in [0.3, 0.4) is 0 Å². The molecule has 0 aromatic carbocycles. The molecular weight excluding hydrogens is 64.0 g/mol. The molecule has 0 fully saturated rings. The van der Waals surface area contributed by atoms with Gasteiger partial charge in [-0.05, 0) is 14.1 Å². The zero-order valence-corrected chi connectivity index (χ0v) is 3.58. The van der Waals surface area contributed by atoms with E-state index < -0.39 is 0 Å². The lowest BCUT2D eigenvalue weighted by Crippen LogP contribution is -2.13. The molecule has 0 bridgehead atoms. The van der Waals surface area contributed by atoms with Crippen molar-refractivity contribution < 1.29 is 0 Å². The van der Waals surface area contributed by atoms with Gasteiger partial charge in [-0.1, -0.05) is 0 Å². The van der Waals surface area contributed by atoms with Gasteiger partial charge in [0.05, 0.1) is 0 Å². The highest BCUT2D eigenvalue weighted by Gasteiger charge is 1.44. The summed E-state index contributed by atoms with van der Waals surface area (Å²) in [6, 6.07) is 0. The third-order valence-corrected chi connectivity index (χ3v) is 0.289. The molecule has 0 aliphatic rings. The van der Waals surface area contributed by atoms with Gasteiger partial charge in [0.1, 0.15) is 0 Å². The molecule has 0 rings (SSSR count). The average molecular weight is 73.1 g/mol. The van der Waals surface area contributed by atoms with E-state index in [0.717, 1.165) is 0 Å². The van der Waals surface area contributed by atoms with Crippen LogP contribution in [0.25, 0.3) is 0 Å². The Bertz CT molecular complexity index is 12.4. The summed E-state index contributed by atoms with van der Waals surface area (Å²) in [4.78, 5) is 0. The first-order valence-corrected chi connectivity index (χ1v) is 1.58. The SMILES string of the molecule is CN[CH-]NC. The fourth-order valence-electron chi connectivity index (χ4n) is 0.144. The summed E-state index contributed by atoms with van der Waals surface area (Å²) < 4.78 is 0. The van der Waals surface area contributed by atoms with E-state index in [9.17, 15) is 0 Å². The summed E-state index contributed by atoms with van der Waals surface area (Å²) in [5.41, 5.74) is 0. The molecule has 0 amide bonds. The smallest absolute Gasteiger partial charge is 0.0437 e. The van der Waals surface area contributed by atoms with Gasteiger partial charge in [-0.3, -0.25) is 0 Å². The second-order valence-corrected chi connectivity index (χ2v) is 0.722. The molecule has 0 aliphatic heterocycles. The highest BCUT2D eigenvalue weighted by Crippen LogP contribution is 1.41. The van der Waals surface area contributed by atoms with Gasteiger partial charge in [-0.2, -0.15) is 0 Å². The highest BCUT2D eigenvalue weighted by atomic mass is 15.0. The Hall–Kier alpha value is -0.0800. The topological polar surface area (TPSA) is 24.1 Å². The van der Waals surface area contributed by atoms with Crippen LogP contribution in [0.4, 0.5) is 0 Å². The van der Waals surface area contributed by atoms with Gasteiger partial charge < -0.3 is 10.6 Å². The third kappa shape index (κ3) is 3.92. The van der Waals surface area contributed by atoms with Crippen molar-refractivity contribution in [3.63, 3.8) is 0 Å². The maximum atomic E-state index is 2.78. The minimum Gasteiger partial charge on any atom is -0.459 e. The van der Waals surface area contributed by atoms with E-state index in [1.807, 2.05) is 14.1 Å². The second kappa shape index (κ2) is 3.92. The van der Waals surface area contributed by atoms with Gasteiger partial charge >= 0.3 is 0 Å². The van der Waals surface area contributed by atoms with Gasteiger partial charge in [-0.25, -0.2) is 6.67 Å².